The van der Waals surface area contributed by atoms with Crippen molar-refractivity contribution in [3.05, 3.63) is 35.9 Å². The lowest BCUT2D eigenvalue weighted by atomic mass is 9.83. The fourth-order valence-electron chi connectivity index (χ4n) is 3.75. The van der Waals surface area contributed by atoms with Gasteiger partial charge in [0.25, 0.3) is 0 Å². The third-order valence-corrected chi connectivity index (χ3v) is 5.70. The zero-order valence-electron chi connectivity index (χ0n) is 15.7. The number of nitrogens with two attached hydrogens (primary N) is 1. The highest BCUT2D eigenvalue weighted by Crippen LogP contribution is 2.27. The summed E-state index contributed by atoms with van der Waals surface area (Å²) in [6.45, 7) is 7.15. The highest BCUT2D eigenvalue weighted by Gasteiger charge is 2.41. The van der Waals surface area contributed by atoms with Gasteiger partial charge in [0.05, 0.1) is 11.0 Å². The molecule has 6 heteroatoms. The van der Waals surface area contributed by atoms with Gasteiger partial charge in [0.2, 0.25) is 11.8 Å². The molecule has 142 valence electrons. The van der Waals surface area contributed by atoms with E-state index in [1.165, 1.54) is 0 Å². The smallest absolute Gasteiger partial charge is 0.242 e. The predicted molar refractivity (Wildman–Crippen MR) is 99.6 cm³/mol. The Morgan fingerprint density at radius 2 is 1.54 bits per heavy atom. The SMILES string of the molecule is CC(C)(C(=O)N1CCN(C(=O)C2(N)CCOCC2)CC1)c1ccccc1. The van der Waals surface area contributed by atoms with E-state index >= 15 is 0 Å². The van der Waals surface area contributed by atoms with E-state index < -0.39 is 11.0 Å². The van der Waals surface area contributed by atoms with E-state index in [1.54, 1.807) is 0 Å². The largest absolute Gasteiger partial charge is 0.381 e. The summed E-state index contributed by atoms with van der Waals surface area (Å²) in [4.78, 5) is 29.5. The highest BCUT2D eigenvalue weighted by atomic mass is 16.5. The van der Waals surface area contributed by atoms with Gasteiger partial charge in [-0.3, -0.25) is 9.59 Å². The average molecular weight is 359 g/mol. The molecule has 2 amide bonds. The number of rotatable bonds is 3. The van der Waals surface area contributed by atoms with E-state index in [0.717, 1.165) is 5.56 Å². The third-order valence-electron chi connectivity index (χ3n) is 5.70. The second-order valence-corrected chi connectivity index (χ2v) is 7.84. The van der Waals surface area contributed by atoms with Crippen molar-refractivity contribution in [2.75, 3.05) is 39.4 Å². The summed E-state index contributed by atoms with van der Waals surface area (Å²) in [7, 11) is 0. The highest BCUT2D eigenvalue weighted by molar-refractivity contribution is 5.89. The Morgan fingerprint density at radius 3 is 2.12 bits per heavy atom. The van der Waals surface area contributed by atoms with Gasteiger partial charge in [-0.2, -0.15) is 0 Å². The van der Waals surface area contributed by atoms with Gasteiger partial charge < -0.3 is 20.3 Å². The zero-order valence-corrected chi connectivity index (χ0v) is 15.7. The van der Waals surface area contributed by atoms with Crippen LogP contribution in [0.3, 0.4) is 0 Å². The van der Waals surface area contributed by atoms with Crippen molar-refractivity contribution >= 4 is 11.8 Å². The second-order valence-electron chi connectivity index (χ2n) is 7.84. The van der Waals surface area contributed by atoms with Gasteiger partial charge in [-0.05, 0) is 32.3 Å². The summed E-state index contributed by atoms with van der Waals surface area (Å²) in [5, 5.41) is 0. The molecule has 0 aliphatic carbocycles. The first-order valence-electron chi connectivity index (χ1n) is 9.35. The molecule has 2 N–H and O–H groups in total. The predicted octanol–water partition coefficient (Wildman–Crippen LogP) is 1.14. The zero-order chi connectivity index (χ0) is 18.8. The summed E-state index contributed by atoms with van der Waals surface area (Å²) in [5.74, 6) is 0.0968. The molecule has 2 fully saturated rings. The lowest BCUT2D eigenvalue weighted by Crippen LogP contribution is -2.62. The van der Waals surface area contributed by atoms with E-state index in [2.05, 4.69) is 0 Å². The molecule has 3 rings (SSSR count). The van der Waals surface area contributed by atoms with Crippen molar-refractivity contribution in [2.45, 2.75) is 37.6 Å². The normalized spacial score (nSPS) is 20.7. The van der Waals surface area contributed by atoms with E-state index in [1.807, 2.05) is 54.0 Å². The minimum atomic E-state index is -0.812. The molecule has 26 heavy (non-hydrogen) atoms. The van der Waals surface area contributed by atoms with Gasteiger partial charge >= 0.3 is 0 Å². The topological polar surface area (TPSA) is 75.9 Å². The summed E-state index contributed by atoms with van der Waals surface area (Å²) < 4.78 is 5.33. The van der Waals surface area contributed by atoms with Crippen LogP contribution < -0.4 is 5.73 Å². The van der Waals surface area contributed by atoms with Crippen molar-refractivity contribution in [3.63, 3.8) is 0 Å². The summed E-state index contributed by atoms with van der Waals surface area (Å²) >= 11 is 0. The van der Waals surface area contributed by atoms with Gasteiger partial charge in [0, 0.05) is 39.4 Å². The van der Waals surface area contributed by atoms with Crippen LogP contribution in [-0.4, -0.2) is 66.5 Å². The molecule has 0 aromatic heterocycles. The molecule has 6 nitrogen and oxygen atoms in total. The average Bonchev–Trinajstić information content (AvgIpc) is 2.68. The molecule has 0 atom stereocenters. The molecule has 0 radical (unpaired) electrons. The molecule has 2 heterocycles. The second kappa shape index (κ2) is 7.37. The summed E-state index contributed by atoms with van der Waals surface area (Å²) in [6, 6.07) is 9.83. The Hall–Kier alpha value is -1.92. The minimum absolute atomic E-state index is 0.00443. The van der Waals surface area contributed by atoms with Gasteiger partial charge in [0.1, 0.15) is 0 Å². The van der Waals surface area contributed by atoms with Gasteiger partial charge in [0.15, 0.2) is 0 Å². The van der Waals surface area contributed by atoms with E-state index in [9.17, 15) is 9.59 Å². The lowest BCUT2D eigenvalue weighted by molar-refractivity contribution is -0.147. The number of hydrogen-bond acceptors (Lipinski definition) is 4. The Labute approximate surface area is 155 Å². The van der Waals surface area contributed by atoms with Crippen LogP contribution >= 0.6 is 0 Å². The molecule has 1 aromatic carbocycles. The summed E-state index contributed by atoms with van der Waals surface area (Å²) in [6.07, 6.45) is 1.12. The first-order chi connectivity index (χ1) is 12.3. The fraction of sp³-hybridized carbons (Fsp3) is 0.600. The van der Waals surface area contributed by atoms with Crippen LogP contribution in [0.1, 0.15) is 32.3 Å². The van der Waals surface area contributed by atoms with E-state index in [-0.39, 0.29) is 11.8 Å². The van der Waals surface area contributed by atoms with Crippen LogP contribution in [0.15, 0.2) is 30.3 Å². The third kappa shape index (κ3) is 3.62. The Kier molecular flexibility index (Phi) is 5.34. The van der Waals surface area contributed by atoms with Gasteiger partial charge in [-0.1, -0.05) is 30.3 Å². The maximum absolute atomic E-state index is 13.0. The standard InChI is InChI=1S/C20H29N3O3/c1-19(2,16-6-4-3-5-7-16)17(24)22-10-12-23(13-11-22)18(25)20(21)8-14-26-15-9-20/h3-7H,8-15,21H2,1-2H3. The molecule has 0 bridgehead atoms. The number of carbonyl (C=O) groups is 2. The maximum Gasteiger partial charge on any atom is 0.242 e. The first kappa shape index (κ1) is 18.9. The molecule has 1 aromatic rings. The van der Waals surface area contributed by atoms with Gasteiger partial charge in [-0.25, -0.2) is 0 Å². The molecule has 2 saturated heterocycles. The molecule has 0 unspecified atom stereocenters. The van der Waals surface area contributed by atoms with Crippen LogP contribution in [0.2, 0.25) is 0 Å². The number of benzene rings is 1. The maximum atomic E-state index is 13.0. The molecular weight excluding hydrogens is 330 g/mol. The van der Waals surface area contributed by atoms with E-state index in [0.29, 0.717) is 52.2 Å². The Morgan fingerprint density at radius 1 is 1.00 bits per heavy atom. The van der Waals surface area contributed by atoms with Gasteiger partial charge in [-0.15, -0.1) is 0 Å². The van der Waals surface area contributed by atoms with Crippen LogP contribution in [0.5, 0.6) is 0 Å². The Balaban J connectivity index is 1.61. The molecule has 0 spiro atoms. The quantitative estimate of drug-likeness (QED) is 0.878. The number of hydrogen-bond donors (Lipinski definition) is 1. The van der Waals surface area contributed by atoms with Crippen LogP contribution in [-0.2, 0) is 19.7 Å². The van der Waals surface area contributed by atoms with E-state index in [4.69, 9.17) is 10.5 Å². The molecule has 2 aliphatic heterocycles. The monoisotopic (exact) mass is 359 g/mol. The van der Waals surface area contributed by atoms with Crippen molar-refractivity contribution in [2.24, 2.45) is 5.73 Å². The molecule has 0 saturated carbocycles. The number of amides is 2. The minimum Gasteiger partial charge on any atom is -0.381 e. The van der Waals surface area contributed by atoms with Crippen molar-refractivity contribution in [1.82, 2.24) is 9.80 Å². The number of ether oxygens (including phenoxy) is 1. The first-order valence-corrected chi connectivity index (χ1v) is 9.35. The molecular formula is C20H29N3O3. The Bertz CT molecular complexity index is 646. The number of piperazine rings is 1. The molecule has 2 aliphatic rings. The number of carbonyl (C=O) groups excluding carboxylic acids is 2. The summed E-state index contributed by atoms with van der Waals surface area (Å²) in [5.41, 5.74) is 5.94. The van der Waals surface area contributed by atoms with Crippen molar-refractivity contribution in [3.8, 4) is 0 Å². The lowest BCUT2D eigenvalue weighted by Gasteiger charge is -2.42. The van der Waals surface area contributed by atoms with Crippen molar-refractivity contribution in [1.29, 1.82) is 0 Å². The van der Waals surface area contributed by atoms with Crippen LogP contribution in [0.4, 0.5) is 0 Å². The number of nitrogens with zero attached hydrogens (tertiary/aromatic N) is 2. The fourth-order valence-corrected chi connectivity index (χ4v) is 3.75. The van der Waals surface area contributed by atoms with Crippen LogP contribution in [0.25, 0.3) is 0 Å². The van der Waals surface area contributed by atoms with Crippen LogP contribution in [0, 0.1) is 0 Å². The van der Waals surface area contributed by atoms with Crippen molar-refractivity contribution < 1.29 is 14.3 Å².